The Morgan fingerprint density at radius 2 is 1.73 bits per heavy atom. The lowest BCUT2D eigenvalue weighted by atomic mass is 9.62. The molecule has 0 spiro atoms. The first-order valence-corrected chi connectivity index (χ1v) is 18.5. The molecule has 7 rings (SSSR count). The maximum Gasteiger partial charge on any atom is 0.327 e. The first kappa shape index (κ1) is 35.1. The topological polar surface area (TPSA) is 162 Å². The summed E-state index contributed by atoms with van der Waals surface area (Å²) in [6, 6.07) is 6.22. The Morgan fingerprint density at radius 3 is 2.37 bits per heavy atom. The molecule has 2 amide bonds. The summed E-state index contributed by atoms with van der Waals surface area (Å²) in [6.07, 6.45) is 1.82. The number of halogens is 1. The predicted octanol–water partition coefficient (Wildman–Crippen LogP) is 2.50. The van der Waals surface area contributed by atoms with E-state index < -0.39 is 77.1 Å². The molecule has 3 saturated heterocycles. The molecule has 1 aromatic carbocycles. The molecule has 3 saturated carbocycles. The fourth-order valence-corrected chi connectivity index (χ4v) is 8.44. The predicted molar refractivity (Wildman–Crippen MR) is 180 cm³/mol. The highest BCUT2D eigenvalue weighted by atomic mass is 127. The van der Waals surface area contributed by atoms with E-state index >= 15 is 0 Å². The van der Waals surface area contributed by atoms with Gasteiger partial charge in [-0.15, -0.1) is 0 Å². The van der Waals surface area contributed by atoms with E-state index in [0.717, 1.165) is 34.8 Å². The van der Waals surface area contributed by atoms with Gasteiger partial charge in [0.2, 0.25) is 11.8 Å². The zero-order chi connectivity index (χ0) is 34.7. The van der Waals surface area contributed by atoms with Gasteiger partial charge in [-0.3, -0.25) is 24.0 Å². The standard InChI is InChI=1S/C35H46IN3O10/c1-33(2,3)46-26(42)13-12-23(18-40)38-25(41)14-15-37-32(44)34-16-24-27-28(48-35(47-27,20-6-7-20)21-8-9-21)30(34)49-39(29(34)31(43)45-24)17-19-4-10-22(36)11-5-19/h4-5,10-11,20-21,23-24,27-30,40H,6-9,12-18H2,1-3H3,(H,37,44)(H,38,41)/t23-,24+,27-,28-,29-,30+,34-/m0/s1. The first-order chi connectivity index (χ1) is 23.3. The van der Waals surface area contributed by atoms with Crippen molar-refractivity contribution in [3.05, 3.63) is 33.4 Å². The Labute approximate surface area is 299 Å². The van der Waals surface area contributed by atoms with Crippen molar-refractivity contribution in [2.45, 2.75) is 127 Å². The normalized spacial score (nSPS) is 32.2. The monoisotopic (exact) mass is 795 g/mol. The summed E-state index contributed by atoms with van der Waals surface area (Å²) in [4.78, 5) is 59.9. The van der Waals surface area contributed by atoms with Crippen LogP contribution in [0.1, 0.15) is 77.7 Å². The Morgan fingerprint density at radius 1 is 1.06 bits per heavy atom. The average Bonchev–Trinajstić information content (AvgIpc) is 3.99. The zero-order valence-corrected chi connectivity index (χ0v) is 30.3. The molecule has 49 heavy (non-hydrogen) atoms. The van der Waals surface area contributed by atoms with Crippen molar-refractivity contribution in [1.82, 2.24) is 15.7 Å². The number of hydrogen-bond donors (Lipinski definition) is 3. The van der Waals surface area contributed by atoms with Gasteiger partial charge in [0.05, 0.1) is 19.2 Å². The fraction of sp³-hybridized carbons (Fsp3) is 0.714. The molecule has 3 heterocycles. The van der Waals surface area contributed by atoms with Gasteiger partial charge in [-0.1, -0.05) is 12.1 Å². The van der Waals surface area contributed by atoms with Crippen LogP contribution < -0.4 is 10.6 Å². The van der Waals surface area contributed by atoms with Crippen molar-refractivity contribution < 1.29 is 48.1 Å². The molecule has 6 fully saturated rings. The molecule has 3 N–H and O–H groups in total. The summed E-state index contributed by atoms with van der Waals surface area (Å²) in [5, 5.41) is 17.0. The van der Waals surface area contributed by atoms with E-state index in [1.54, 1.807) is 25.8 Å². The van der Waals surface area contributed by atoms with E-state index in [4.69, 9.17) is 23.8 Å². The number of amides is 2. The molecule has 3 aliphatic carbocycles. The van der Waals surface area contributed by atoms with E-state index in [1.807, 2.05) is 24.3 Å². The third-order valence-electron chi connectivity index (χ3n) is 10.5. The molecule has 268 valence electrons. The molecule has 13 nitrogen and oxygen atoms in total. The number of esters is 2. The molecule has 3 aliphatic heterocycles. The number of ether oxygens (including phenoxy) is 4. The second-order valence-electron chi connectivity index (χ2n) is 15.4. The first-order valence-electron chi connectivity index (χ1n) is 17.5. The average molecular weight is 796 g/mol. The molecule has 0 radical (unpaired) electrons. The lowest BCUT2D eigenvalue weighted by molar-refractivity contribution is -0.235. The SMILES string of the molecule is CC(C)(C)OC(=O)CC[C@@H](CO)NC(=O)CCNC(=O)[C@@]12C[C@H]3OC(=O)[C@@H]1N(Cc1ccc(I)cc1)O[C@@H]2[C@H]1OC(C2CC2)(C2CC2)O[C@H]13. The number of hydroxylamine groups is 2. The third-order valence-corrected chi connectivity index (χ3v) is 11.2. The van der Waals surface area contributed by atoms with Crippen LogP contribution in [-0.4, -0.2) is 95.0 Å². The number of hydrogen-bond acceptors (Lipinski definition) is 11. The highest BCUT2D eigenvalue weighted by molar-refractivity contribution is 14.1. The Bertz CT molecular complexity index is 1450. The highest BCUT2D eigenvalue weighted by Crippen LogP contribution is 2.63. The van der Waals surface area contributed by atoms with Crippen LogP contribution >= 0.6 is 22.6 Å². The fourth-order valence-electron chi connectivity index (χ4n) is 8.08. The van der Waals surface area contributed by atoms with Crippen LogP contribution in [0.4, 0.5) is 0 Å². The van der Waals surface area contributed by atoms with Crippen molar-refractivity contribution in [1.29, 1.82) is 0 Å². The van der Waals surface area contributed by atoms with Gasteiger partial charge in [-0.25, -0.2) is 0 Å². The van der Waals surface area contributed by atoms with Gasteiger partial charge < -0.3 is 34.7 Å². The Hall–Kier alpha value is -2.37. The van der Waals surface area contributed by atoms with E-state index in [2.05, 4.69) is 33.2 Å². The van der Waals surface area contributed by atoms with Crippen LogP contribution in [0.5, 0.6) is 0 Å². The van der Waals surface area contributed by atoms with E-state index in [1.165, 1.54) is 0 Å². The van der Waals surface area contributed by atoms with Crippen molar-refractivity contribution in [3.8, 4) is 0 Å². The Kier molecular flexibility index (Phi) is 9.52. The van der Waals surface area contributed by atoms with Crippen molar-refractivity contribution in [3.63, 3.8) is 0 Å². The number of carbonyl (C=O) groups is 4. The number of aliphatic hydroxyl groups excluding tert-OH is 1. The van der Waals surface area contributed by atoms with Crippen LogP contribution in [-0.2, 0) is 49.5 Å². The smallest absolute Gasteiger partial charge is 0.327 e. The van der Waals surface area contributed by atoms with Gasteiger partial charge in [0, 0.05) is 41.2 Å². The molecule has 14 heteroatoms. The molecule has 1 aromatic rings. The Balaban J connectivity index is 1.06. The number of fused-ring (bicyclic) bond motifs is 4. The highest BCUT2D eigenvalue weighted by Gasteiger charge is 2.78. The molecular formula is C35H46IN3O10. The van der Waals surface area contributed by atoms with Crippen LogP contribution in [0.25, 0.3) is 0 Å². The molecular weight excluding hydrogens is 749 g/mol. The summed E-state index contributed by atoms with van der Waals surface area (Å²) in [5.41, 5.74) is -1.04. The number of benzene rings is 1. The zero-order valence-electron chi connectivity index (χ0n) is 28.2. The molecule has 6 aliphatic rings. The van der Waals surface area contributed by atoms with Crippen molar-refractivity contribution in [2.24, 2.45) is 17.3 Å². The summed E-state index contributed by atoms with van der Waals surface area (Å²) in [5.74, 6) is -1.94. The van der Waals surface area contributed by atoms with Crippen LogP contribution in [0.2, 0.25) is 0 Å². The second-order valence-corrected chi connectivity index (χ2v) is 16.6. The van der Waals surface area contributed by atoms with Gasteiger partial charge in [-0.2, -0.15) is 5.06 Å². The quantitative estimate of drug-likeness (QED) is 0.199. The van der Waals surface area contributed by atoms with Gasteiger partial charge in [-0.05, 0) is 93.2 Å². The number of nitrogens with one attached hydrogen (secondary N) is 2. The molecule has 2 bridgehead atoms. The summed E-state index contributed by atoms with van der Waals surface area (Å²) in [6.45, 7) is 5.22. The number of rotatable bonds is 13. The van der Waals surface area contributed by atoms with Gasteiger partial charge in [0.1, 0.15) is 35.4 Å². The molecule has 0 unspecified atom stereocenters. The van der Waals surface area contributed by atoms with Crippen molar-refractivity contribution in [2.75, 3.05) is 13.2 Å². The largest absolute Gasteiger partial charge is 0.460 e. The summed E-state index contributed by atoms with van der Waals surface area (Å²) in [7, 11) is 0. The second kappa shape index (κ2) is 13.3. The minimum absolute atomic E-state index is 0.00749. The van der Waals surface area contributed by atoms with Crippen molar-refractivity contribution >= 4 is 46.3 Å². The summed E-state index contributed by atoms with van der Waals surface area (Å²) < 4.78 is 26.1. The molecule has 0 aromatic heterocycles. The minimum Gasteiger partial charge on any atom is -0.460 e. The lowest BCUT2D eigenvalue weighted by Gasteiger charge is -2.48. The van der Waals surface area contributed by atoms with Gasteiger partial charge >= 0.3 is 11.9 Å². The maximum absolute atomic E-state index is 14.4. The van der Waals surface area contributed by atoms with Crippen LogP contribution in [0.3, 0.4) is 0 Å². The van der Waals surface area contributed by atoms with Gasteiger partial charge in [0.15, 0.2) is 11.8 Å². The molecule has 7 atom stereocenters. The number of aliphatic hydroxyl groups is 1. The number of nitrogens with zero attached hydrogens (tertiary/aromatic N) is 1. The lowest BCUT2D eigenvalue weighted by Crippen LogP contribution is -2.69. The van der Waals surface area contributed by atoms with E-state index in [0.29, 0.717) is 0 Å². The number of carbonyl (C=O) groups excluding carboxylic acids is 4. The van der Waals surface area contributed by atoms with Gasteiger partial charge in [0.25, 0.3) is 0 Å². The summed E-state index contributed by atoms with van der Waals surface area (Å²) >= 11 is 2.23. The van der Waals surface area contributed by atoms with E-state index in [-0.39, 0.29) is 57.2 Å². The van der Waals surface area contributed by atoms with Crippen LogP contribution in [0, 0.1) is 20.8 Å². The minimum atomic E-state index is -1.32. The third kappa shape index (κ3) is 6.85. The maximum atomic E-state index is 14.4. The van der Waals surface area contributed by atoms with Crippen LogP contribution in [0.15, 0.2) is 24.3 Å². The van der Waals surface area contributed by atoms with E-state index in [9.17, 15) is 24.3 Å².